The summed E-state index contributed by atoms with van der Waals surface area (Å²) in [5.41, 5.74) is 3.87. The Morgan fingerprint density at radius 3 is 2.54 bits per heavy atom. The van der Waals surface area contributed by atoms with Gasteiger partial charge in [-0.2, -0.15) is 0 Å². The van der Waals surface area contributed by atoms with Gasteiger partial charge >= 0.3 is 0 Å². The molecule has 0 radical (unpaired) electrons. The smallest absolute Gasteiger partial charge is 0.182 e. The summed E-state index contributed by atoms with van der Waals surface area (Å²) in [5, 5.41) is 20.5. The molecule has 0 unspecified atom stereocenters. The van der Waals surface area contributed by atoms with Gasteiger partial charge in [0.2, 0.25) is 0 Å². The zero-order valence-electron chi connectivity index (χ0n) is 16.5. The van der Waals surface area contributed by atoms with Crippen LogP contribution < -0.4 is 9.64 Å². The molecule has 0 aliphatic heterocycles. The van der Waals surface area contributed by atoms with Crippen LogP contribution in [-0.2, 0) is 6.42 Å². The number of nitrogens with zero attached hydrogens (tertiary/aromatic N) is 2. The lowest BCUT2D eigenvalue weighted by molar-refractivity contribution is 0.415. The van der Waals surface area contributed by atoms with E-state index in [1.54, 1.807) is 19.4 Å². The lowest BCUT2D eigenvalue weighted by atomic mass is 10.0. The van der Waals surface area contributed by atoms with E-state index in [4.69, 9.17) is 17.0 Å². The number of benzene rings is 2. The molecule has 0 aliphatic rings. The lowest BCUT2D eigenvalue weighted by Gasteiger charge is -2.21. The van der Waals surface area contributed by atoms with E-state index in [0.717, 1.165) is 29.2 Å². The SMILES string of the molecule is CCc1cc(-c2c[nH]c(=S)n2-c2ccc(OC)c(N(C)CC)c2)c(O)cc1O. The quantitative estimate of drug-likeness (QED) is 0.527. The summed E-state index contributed by atoms with van der Waals surface area (Å²) in [6.07, 6.45) is 2.42. The molecule has 0 saturated carbocycles. The number of imidazole rings is 1. The van der Waals surface area contributed by atoms with E-state index in [9.17, 15) is 10.2 Å². The van der Waals surface area contributed by atoms with Crippen molar-refractivity contribution in [2.24, 2.45) is 0 Å². The number of aromatic amines is 1. The van der Waals surface area contributed by atoms with E-state index in [1.165, 1.54) is 6.07 Å². The van der Waals surface area contributed by atoms with Crippen LogP contribution in [0.15, 0.2) is 36.5 Å². The number of hydrogen-bond acceptors (Lipinski definition) is 5. The number of hydrogen-bond donors (Lipinski definition) is 3. The van der Waals surface area contributed by atoms with Gasteiger partial charge in [0.15, 0.2) is 4.77 Å². The Balaban J connectivity index is 2.22. The van der Waals surface area contributed by atoms with Gasteiger partial charge < -0.3 is 24.8 Å². The van der Waals surface area contributed by atoms with Crippen molar-refractivity contribution in [2.45, 2.75) is 20.3 Å². The van der Waals surface area contributed by atoms with Gasteiger partial charge in [0.1, 0.15) is 17.2 Å². The molecule has 3 rings (SSSR count). The number of rotatable bonds is 6. The van der Waals surface area contributed by atoms with Crippen LogP contribution in [0, 0.1) is 4.77 Å². The summed E-state index contributed by atoms with van der Waals surface area (Å²) in [6.45, 7) is 4.85. The van der Waals surface area contributed by atoms with E-state index in [1.807, 2.05) is 36.7 Å². The lowest BCUT2D eigenvalue weighted by Crippen LogP contribution is -2.17. The van der Waals surface area contributed by atoms with Crippen molar-refractivity contribution in [1.82, 2.24) is 9.55 Å². The summed E-state index contributed by atoms with van der Waals surface area (Å²) in [6, 6.07) is 9.01. The highest BCUT2D eigenvalue weighted by Crippen LogP contribution is 2.37. The fraction of sp³-hybridized carbons (Fsp3) is 0.286. The number of methoxy groups -OCH3 is 1. The Morgan fingerprint density at radius 1 is 1.14 bits per heavy atom. The molecule has 6 nitrogen and oxygen atoms in total. The highest BCUT2D eigenvalue weighted by atomic mass is 32.1. The predicted molar refractivity (Wildman–Crippen MR) is 115 cm³/mol. The maximum atomic E-state index is 10.5. The van der Waals surface area contributed by atoms with Crippen LogP contribution in [0.25, 0.3) is 16.9 Å². The van der Waals surface area contributed by atoms with Crippen molar-refractivity contribution in [2.75, 3.05) is 25.6 Å². The largest absolute Gasteiger partial charge is 0.508 e. The molecule has 0 atom stereocenters. The molecule has 0 bridgehead atoms. The van der Waals surface area contributed by atoms with E-state index in [-0.39, 0.29) is 11.5 Å². The number of H-pyrrole nitrogens is 1. The number of aromatic nitrogens is 2. The molecule has 7 heteroatoms. The molecule has 2 aromatic carbocycles. The minimum absolute atomic E-state index is 0.00291. The summed E-state index contributed by atoms with van der Waals surface area (Å²) in [5.74, 6) is 0.857. The molecule has 0 aliphatic carbocycles. The molecular weight excluding hydrogens is 374 g/mol. The molecule has 3 aromatic rings. The second-order valence-corrected chi connectivity index (χ2v) is 6.92. The first kappa shape index (κ1) is 19.8. The third-order valence-corrected chi connectivity index (χ3v) is 5.24. The molecule has 148 valence electrons. The minimum atomic E-state index is -0.00291. The number of ether oxygens (including phenoxy) is 1. The van der Waals surface area contributed by atoms with Crippen LogP contribution in [0.3, 0.4) is 0 Å². The molecule has 1 heterocycles. The van der Waals surface area contributed by atoms with Crippen LogP contribution in [0.5, 0.6) is 17.2 Å². The van der Waals surface area contributed by atoms with Crippen LogP contribution in [0.4, 0.5) is 5.69 Å². The van der Waals surface area contributed by atoms with Crippen LogP contribution >= 0.6 is 12.2 Å². The highest BCUT2D eigenvalue weighted by molar-refractivity contribution is 7.71. The Kier molecular flexibility index (Phi) is 5.65. The number of aryl methyl sites for hydroxylation is 1. The molecule has 1 aromatic heterocycles. The third kappa shape index (κ3) is 3.45. The van der Waals surface area contributed by atoms with Gasteiger partial charge in [-0.1, -0.05) is 6.92 Å². The molecule has 0 fully saturated rings. The average Bonchev–Trinajstić information content (AvgIpc) is 3.08. The number of aromatic hydroxyl groups is 2. The average molecular weight is 400 g/mol. The van der Waals surface area contributed by atoms with Gasteiger partial charge in [-0.3, -0.25) is 4.57 Å². The summed E-state index contributed by atoms with van der Waals surface area (Å²) >= 11 is 5.52. The van der Waals surface area contributed by atoms with Crippen molar-refractivity contribution in [1.29, 1.82) is 0 Å². The zero-order chi connectivity index (χ0) is 20.4. The second kappa shape index (κ2) is 7.98. The molecule has 28 heavy (non-hydrogen) atoms. The molecule has 0 saturated heterocycles. The van der Waals surface area contributed by atoms with Gasteiger partial charge in [-0.15, -0.1) is 0 Å². The maximum absolute atomic E-state index is 10.5. The molecular formula is C21H25N3O3S. The third-order valence-electron chi connectivity index (χ3n) is 4.94. The Hall–Kier alpha value is -2.93. The van der Waals surface area contributed by atoms with Gasteiger partial charge in [0.05, 0.1) is 24.2 Å². The van der Waals surface area contributed by atoms with Gasteiger partial charge in [0, 0.05) is 31.4 Å². The van der Waals surface area contributed by atoms with Crippen molar-refractivity contribution < 1.29 is 14.9 Å². The summed E-state index contributed by atoms with van der Waals surface area (Å²) < 4.78 is 7.87. The number of anilines is 1. The Morgan fingerprint density at radius 2 is 1.89 bits per heavy atom. The Bertz CT molecular complexity index is 1060. The minimum Gasteiger partial charge on any atom is -0.508 e. The van der Waals surface area contributed by atoms with Crippen LogP contribution in [-0.4, -0.2) is 40.5 Å². The highest BCUT2D eigenvalue weighted by Gasteiger charge is 2.17. The second-order valence-electron chi connectivity index (χ2n) is 6.54. The van der Waals surface area contributed by atoms with Crippen molar-refractivity contribution in [3.63, 3.8) is 0 Å². The predicted octanol–water partition coefficient (Wildman–Crippen LogP) is 4.64. The maximum Gasteiger partial charge on any atom is 0.182 e. The molecule has 0 amide bonds. The number of phenols is 2. The first-order valence-corrected chi connectivity index (χ1v) is 9.57. The molecule has 3 N–H and O–H groups in total. The van der Waals surface area contributed by atoms with Crippen LogP contribution in [0.1, 0.15) is 19.4 Å². The number of nitrogens with one attached hydrogen (secondary N) is 1. The first-order valence-electron chi connectivity index (χ1n) is 9.16. The van der Waals surface area contributed by atoms with Gasteiger partial charge in [-0.05, 0) is 55.4 Å². The van der Waals surface area contributed by atoms with E-state index < -0.39 is 0 Å². The first-order chi connectivity index (χ1) is 13.4. The van der Waals surface area contributed by atoms with Gasteiger partial charge in [-0.25, -0.2) is 0 Å². The van der Waals surface area contributed by atoms with Crippen molar-refractivity contribution >= 4 is 17.9 Å². The van der Waals surface area contributed by atoms with E-state index >= 15 is 0 Å². The molecule has 0 spiro atoms. The normalized spacial score (nSPS) is 10.9. The van der Waals surface area contributed by atoms with E-state index in [2.05, 4.69) is 16.8 Å². The fourth-order valence-corrected chi connectivity index (χ4v) is 3.48. The van der Waals surface area contributed by atoms with Crippen LogP contribution in [0.2, 0.25) is 0 Å². The van der Waals surface area contributed by atoms with Crippen molar-refractivity contribution in [3.05, 3.63) is 46.9 Å². The topological polar surface area (TPSA) is 73.7 Å². The van der Waals surface area contributed by atoms with Crippen molar-refractivity contribution in [3.8, 4) is 34.2 Å². The fourth-order valence-electron chi connectivity index (χ4n) is 3.22. The standard InChI is InChI=1S/C21H25N3O3S/c1-5-13-9-15(19(26)11-18(13)25)17-12-22-21(28)24(17)14-7-8-20(27-4)16(10-14)23(3)6-2/h7-12,25-26H,5-6H2,1-4H3,(H,22,28). The number of phenolic OH excluding ortho intramolecular Hbond substituents is 2. The zero-order valence-corrected chi connectivity index (χ0v) is 17.3. The summed E-state index contributed by atoms with van der Waals surface area (Å²) in [7, 11) is 3.65. The van der Waals surface area contributed by atoms with Gasteiger partial charge in [0.25, 0.3) is 0 Å². The monoisotopic (exact) mass is 399 g/mol. The van der Waals surface area contributed by atoms with E-state index in [0.29, 0.717) is 22.4 Å². The Labute approximate surface area is 169 Å². The summed E-state index contributed by atoms with van der Waals surface area (Å²) in [4.78, 5) is 5.15.